The Hall–Kier alpha value is -0.590. The molecule has 0 rings (SSSR count). The fraction of sp³-hybridized carbons (Fsp3) is 0.556. The molecule has 0 aliphatic carbocycles. The molecule has 0 aliphatic rings. The minimum absolute atomic E-state index is 0.365. The van der Waals surface area contributed by atoms with Gasteiger partial charge >= 0.3 is 0 Å². The summed E-state index contributed by atoms with van der Waals surface area (Å²) in [6.45, 7) is 3.83. The van der Waals surface area contributed by atoms with E-state index in [-0.39, 0.29) is 6.67 Å². The van der Waals surface area contributed by atoms with E-state index in [9.17, 15) is 4.39 Å². The minimum Gasteiger partial charge on any atom is -0.247 e. The second-order valence-corrected chi connectivity index (χ2v) is 2.35. The van der Waals surface area contributed by atoms with Crippen LogP contribution in [-0.4, -0.2) is 6.67 Å². The highest BCUT2D eigenvalue weighted by Gasteiger charge is 1.82. The Morgan fingerprint density at radius 2 is 2.20 bits per heavy atom. The minimum atomic E-state index is -0.365. The van der Waals surface area contributed by atoms with Gasteiger partial charge in [-0.3, -0.25) is 0 Å². The Labute approximate surface area is 62.4 Å². The molecule has 0 radical (unpaired) electrons. The van der Waals surface area contributed by atoms with Gasteiger partial charge in [0.2, 0.25) is 0 Å². The van der Waals surface area contributed by atoms with E-state index in [0.29, 0.717) is 0 Å². The third-order valence-corrected chi connectivity index (χ3v) is 1.25. The molecule has 0 aliphatic heterocycles. The third kappa shape index (κ3) is 5.54. The first-order chi connectivity index (χ1) is 4.81. The lowest BCUT2D eigenvalue weighted by atomic mass is 10.1. The van der Waals surface area contributed by atoms with Crippen LogP contribution in [0.15, 0.2) is 23.8 Å². The van der Waals surface area contributed by atoms with E-state index in [0.717, 1.165) is 12.8 Å². The topological polar surface area (TPSA) is 0 Å². The molecule has 0 atom stereocenters. The molecule has 0 aromatic carbocycles. The van der Waals surface area contributed by atoms with Crippen LogP contribution in [-0.2, 0) is 0 Å². The number of hydrogen-bond donors (Lipinski definition) is 0. The normalized spacial score (nSPS) is 12.9. The van der Waals surface area contributed by atoms with Crippen LogP contribution in [0, 0.1) is 0 Å². The SMILES string of the molecule is CCC/C(C)=C\C=C/CF. The highest BCUT2D eigenvalue weighted by Crippen LogP contribution is 2.02. The Balaban J connectivity index is 3.56. The molecule has 0 heterocycles. The van der Waals surface area contributed by atoms with E-state index < -0.39 is 0 Å². The fourth-order valence-corrected chi connectivity index (χ4v) is 0.761. The summed E-state index contributed by atoms with van der Waals surface area (Å²) in [5, 5.41) is 0. The van der Waals surface area contributed by atoms with Crippen LogP contribution in [0.4, 0.5) is 4.39 Å². The first kappa shape index (κ1) is 9.41. The van der Waals surface area contributed by atoms with Crippen molar-refractivity contribution in [2.24, 2.45) is 0 Å². The molecule has 0 amide bonds. The first-order valence-electron chi connectivity index (χ1n) is 3.69. The van der Waals surface area contributed by atoms with Gasteiger partial charge in [0.25, 0.3) is 0 Å². The molecule has 0 aromatic rings. The van der Waals surface area contributed by atoms with Crippen LogP contribution in [0.25, 0.3) is 0 Å². The van der Waals surface area contributed by atoms with Crippen LogP contribution in [0.5, 0.6) is 0 Å². The lowest BCUT2D eigenvalue weighted by Crippen LogP contribution is -1.72. The summed E-state index contributed by atoms with van der Waals surface area (Å²) in [6.07, 6.45) is 7.51. The largest absolute Gasteiger partial charge is 0.247 e. The summed E-state index contributed by atoms with van der Waals surface area (Å²) in [4.78, 5) is 0. The lowest BCUT2D eigenvalue weighted by Gasteiger charge is -1.92. The average molecular weight is 142 g/mol. The van der Waals surface area contributed by atoms with Crippen LogP contribution in [0.1, 0.15) is 26.7 Å². The predicted octanol–water partition coefficient (Wildman–Crippen LogP) is 3.26. The summed E-state index contributed by atoms with van der Waals surface area (Å²) < 4.78 is 11.5. The van der Waals surface area contributed by atoms with Crippen molar-refractivity contribution in [1.29, 1.82) is 0 Å². The second kappa shape index (κ2) is 6.53. The van der Waals surface area contributed by atoms with Crippen LogP contribution in [0.3, 0.4) is 0 Å². The van der Waals surface area contributed by atoms with Gasteiger partial charge in [0.05, 0.1) is 0 Å². The number of halogens is 1. The van der Waals surface area contributed by atoms with E-state index in [1.165, 1.54) is 11.6 Å². The molecular weight excluding hydrogens is 127 g/mol. The molecule has 0 bridgehead atoms. The zero-order valence-electron chi connectivity index (χ0n) is 6.73. The lowest BCUT2D eigenvalue weighted by molar-refractivity contribution is 0.562. The van der Waals surface area contributed by atoms with E-state index in [4.69, 9.17) is 0 Å². The van der Waals surface area contributed by atoms with Crippen LogP contribution in [0.2, 0.25) is 0 Å². The van der Waals surface area contributed by atoms with Gasteiger partial charge in [-0.1, -0.05) is 37.1 Å². The van der Waals surface area contributed by atoms with Gasteiger partial charge in [-0.2, -0.15) is 0 Å². The molecule has 10 heavy (non-hydrogen) atoms. The smallest absolute Gasteiger partial charge is 0.108 e. The predicted molar refractivity (Wildman–Crippen MR) is 43.8 cm³/mol. The van der Waals surface area contributed by atoms with Gasteiger partial charge in [-0.05, 0) is 13.3 Å². The van der Waals surface area contributed by atoms with Crippen molar-refractivity contribution in [1.82, 2.24) is 0 Å². The summed E-state index contributed by atoms with van der Waals surface area (Å²) in [6, 6.07) is 0. The Kier molecular flexibility index (Phi) is 6.14. The molecule has 0 unspecified atom stereocenters. The van der Waals surface area contributed by atoms with Gasteiger partial charge in [0.15, 0.2) is 0 Å². The van der Waals surface area contributed by atoms with Crippen molar-refractivity contribution >= 4 is 0 Å². The zero-order valence-corrected chi connectivity index (χ0v) is 6.73. The maximum absolute atomic E-state index is 11.5. The molecule has 1 heteroatoms. The molecular formula is C9H15F. The van der Waals surface area contributed by atoms with Gasteiger partial charge < -0.3 is 0 Å². The molecule has 0 aromatic heterocycles. The van der Waals surface area contributed by atoms with Crippen molar-refractivity contribution in [2.45, 2.75) is 26.7 Å². The molecule has 58 valence electrons. The molecule has 0 saturated carbocycles. The number of alkyl halides is 1. The highest BCUT2D eigenvalue weighted by molar-refractivity contribution is 5.10. The molecule has 0 N–H and O–H groups in total. The van der Waals surface area contributed by atoms with Gasteiger partial charge in [-0.15, -0.1) is 0 Å². The summed E-state index contributed by atoms with van der Waals surface area (Å²) >= 11 is 0. The molecule has 0 fully saturated rings. The maximum Gasteiger partial charge on any atom is 0.108 e. The van der Waals surface area contributed by atoms with E-state index in [1.54, 1.807) is 6.08 Å². The Bertz CT molecular complexity index is 123. The van der Waals surface area contributed by atoms with Crippen molar-refractivity contribution in [3.05, 3.63) is 23.8 Å². The molecule has 0 spiro atoms. The van der Waals surface area contributed by atoms with Gasteiger partial charge in [-0.25, -0.2) is 4.39 Å². The van der Waals surface area contributed by atoms with E-state index >= 15 is 0 Å². The summed E-state index contributed by atoms with van der Waals surface area (Å²) in [5.74, 6) is 0. The highest BCUT2D eigenvalue weighted by atomic mass is 19.1. The monoisotopic (exact) mass is 142 g/mol. The third-order valence-electron chi connectivity index (χ3n) is 1.25. The van der Waals surface area contributed by atoms with Gasteiger partial charge in [0, 0.05) is 0 Å². The number of rotatable bonds is 4. The maximum atomic E-state index is 11.5. The summed E-state index contributed by atoms with van der Waals surface area (Å²) in [5.41, 5.74) is 1.31. The molecule has 0 nitrogen and oxygen atoms in total. The van der Waals surface area contributed by atoms with Crippen molar-refractivity contribution in [2.75, 3.05) is 6.67 Å². The van der Waals surface area contributed by atoms with Crippen molar-refractivity contribution in [3.8, 4) is 0 Å². The number of allylic oxidation sites excluding steroid dienone is 4. The Morgan fingerprint density at radius 1 is 1.50 bits per heavy atom. The zero-order chi connectivity index (χ0) is 7.82. The second-order valence-electron chi connectivity index (χ2n) is 2.35. The van der Waals surface area contributed by atoms with Crippen molar-refractivity contribution in [3.63, 3.8) is 0 Å². The van der Waals surface area contributed by atoms with Crippen LogP contribution < -0.4 is 0 Å². The Morgan fingerprint density at radius 3 is 2.70 bits per heavy atom. The average Bonchev–Trinajstić information content (AvgIpc) is 1.89. The van der Waals surface area contributed by atoms with Gasteiger partial charge in [0.1, 0.15) is 6.67 Å². The quantitative estimate of drug-likeness (QED) is 0.528. The van der Waals surface area contributed by atoms with Crippen LogP contribution >= 0.6 is 0 Å². The van der Waals surface area contributed by atoms with Crippen molar-refractivity contribution < 1.29 is 4.39 Å². The summed E-state index contributed by atoms with van der Waals surface area (Å²) in [7, 11) is 0. The standard InChI is InChI=1S/C9H15F/c1-3-6-9(2)7-4-5-8-10/h4-5,7H,3,6,8H2,1-2H3/b5-4-,9-7-. The van der Waals surface area contributed by atoms with E-state index in [2.05, 4.69) is 13.8 Å². The first-order valence-corrected chi connectivity index (χ1v) is 3.69. The van der Waals surface area contributed by atoms with E-state index in [1.807, 2.05) is 6.08 Å². The number of hydrogen-bond acceptors (Lipinski definition) is 0. The molecule has 0 saturated heterocycles. The fourth-order valence-electron chi connectivity index (χ4n) is 0.761.